The lowest BCUT2D eigenvalue weighted by atomic mass is 9.97. The molecule has 35 heavy (non-hydrogen) atoms. The highest BCUT2D eigenvalue weighted by molar-refractivity contribution is 6.15. The zero-order valence-corrected chi connectivity index (χ0v) is 19.3. The number of halogens is 2. The van der Waals surface area contributed by atoms with E-state index in [0.29, 0.717) is 34.6 Å². The summed E-state index contributed by atoms with van der Waals surface area (Å²) in [5, 5.41) is 8.56. The quantitative estimate of drug-likeness (QED) is 0.349. The van der Waals surface area contributed by atoms with Gasteiger partial charge in [0.15, 0.2) is 0 Å². The van der Waals surface area contributed by atoms with Crippen LogP contribution in [0.1, 0.15) is 35.1 Å². The predicted octanol–water partition coefficient (Wildman–Crippen LogP) is 4.39. The molecule has 1 atom stereocenters. The monoisotopic (exact) mass is 474 g/mol. The lowest BCUT2D eigenvalue weighted by Gasteiger charge is -2.31. The van der Waals surface area contributed by atoms with Crippen molar-refractivity contribution in [3.8, 4) is 0 Å². The number of benzene rings is 2. The Morgan fingerprint density at radius 2 is 1.86 bits per heavy atom. The summed E-state index contributed by atoms with van der Waals surface area (Å²) in [7, 11) is 0. The van der Waals surface area contributed by atoms with Gasteiger partial charge >= 0.3 is 0 Å². The van der Waals surface area contributed by atoms with Crippen molar-refractivity contribution in [2.45, 2.75) is 25.4 Å². The van der Waals surface area contributed by atoms with Gasteiger partial charge in [0.05, 0.1) is 11.8 Å². The summed E-state index contributed by atoms with van der Waals surface area (Å²) in [6.07, 6.45) is 8.23. The average Bonchev–Trinajstić information content (AvgIpc) is 2.88. The van der Waals surface area contributed by atoms with Gasteiger partial charge in [0, 0.05) is 65.8 Å². The molecule has 1 aromatic heterocycles. The van der Waals surface area contributed by atoms with E-state index >= 15 is 0 Å². The Kier molecular flexibility index (Phi) is 7.62. The third-order valence-electron chi connectivity index (χ3n) is 6.15. The van der Waals surface area contributed by atoms with Gasteiger partial charge in [-0.15, -0.1) is 0 Å². The number of hydrogen-bond acceptors (Lipinski definition) is 6. The molecule has 5 N–H and O–H groups in total. The van der Waals surface area contributed by atoms with Crippen molar-refractivity contribution < 1.29 is 8.78 Å². The number of aromatic nitrogens is 1. The molecule has 6 nitrogen and oxygen atoms in total. The maximum atomic E-state index is 14.1. The van der Waals surface area contributed by atoms with Crippen molar-refractivity contribution in [1.29, 1.82) is 5.41 Å². The number of nitrogen functional groups attached to an aromatic ring is 1. The molecule has 0 bridgehead atoms. The van der Waals surface area contributed by atoms with Crippen molar-refractivity contribution in [2.24, 2.45) is 10.7 Å². The number of aliphatic imine (C=N–C) groups is 1. The topological polar surface area (TPSA) is 104 Å². The summed E-state index contributed by atoms with van der Waals surface area (Å²) in [5.74, 6) is -1.05. The summed E-state index contributed by atoms with van der Waals surface area (Å²) in [5.41, 5.74) is 15.8. The van der Waals surface area contributed by atoms with Crippen molar-refractivity contribution in [1.82, 2.24) is 9.88 Å². The van der Waals surface area contributed by atoms with Crippen molar-refractivity contribution in [3.05, 3.63) is 101 Å². The number of allylic oxidation sites excluding steroid dienone is 1. The van der Waals surface area contributed by atoms with Crippen LogP contribution in [-0.4, -0.2) is 40.9 Å². The normalized spacial score (nSPS) is 17.1. The molecule has 1 saturated heterocycles. The Balaban J connectivity index is 1.48. The number of nitrogens with two attached hydrogens (primary N) is 2. The lowest BCUT2D eigenvalue weighted by molar-refractivity contribution is 0.198. The van der Waals surface area contributed by atoms with Crippen molar-refractivity contribution in [3.63, 3.8) is 0 Å². The molecule has 1 fully saturated rings. The van der Waals surface area contributed by atoms with E-state index in [2.05, 4.69) is 4.98 Å². The summed E-state index contributed by atoms with van der Waals surface area (Å²) < 4.78 is 28.1. The lowest BCUT2D eigenvalue weighted by Crippen LogP contribution is -2.37. The van der Waals surface area contributed by atoms with Gasteiger partial charge in [0.1, 0.15) is 11.6 Å². The molecule has 2 aromatic carbocycles. The average molecular weight is 475 g/mol. The summed E-state index contributed by atoms with van der Waals surface area (Å²) in [6, 6.07) is 12.9. The number of pyridine rings is 1. The molecule has 1 aliphatic heterocycles. The Morgan fingerprint density at radius 1 is 1.11 bits per heavy atom. The fourth-order valence-corrected chi connectivity index (χ4v) is 4.23. The first-order valence-electron chi connectivity index (χ1n) is 11.5. The molecule has 0 amide bonds. The molecule has 3 aromatic rings. The molecule has 0 spiro atoms. The number of hydrogen-bond donors (Lipinski definition) is 3. The zero-order chi connectivity index (χ0) is 24.8. The summed E-state index contributed by atoms with van der Waals surface area (Å²) >= 11 is 0. The second-order valence-corrected chi connectivity index (χ2v) is 8.54. The fourth-order valence-electron chi connectivity index (χ4n) is 4.23. The minimum atomic E-state index is -0.527. The van der Waals surface area contributed by atoms with Crippen molar-refractivity contribution >= 4 is 23.2 Å². The van der Waals surface area contributed by atoms with Crippen LogP contribution >= 0.6 is 0 Å². The van der Waals surface area contributed by atoms with Gasteiger partial charge < -0.3 is 11.5 Å². The SMILES string of the molecule is N=C(c1ccncc1)c1cc(C(C=NC2CCCN(Cc3c(F)cccc3F)C2)=CN)ccc1N. The standard InChI is InChI=1S/C27H28F2N6/c28-24-4-1-5-25(29)23(24)17-35-12-2-3-21(16-35)34-15-20(14-30)19-6-7-26(31)22(13-19)27(32)18-8-10-33-11-9-18/h1,4-11,13-15,21,32H,2-3,12,16-17,30-31H2. The van der Waals surface area contributed by atoms with E-state index in [9.17, 15) is 8.78 Å². The minimum Gasteiger partial charge on any atom is -0.404 e. The van der Waals surface area contributed by atoms with E-state index in [1.54, 1.807) is 36.8 Å². The molecule has 8 heteroatoms. The maximum Gasteiger partial charge on any atom is 0.130 e. The van der Waals surface area contributed by atoms with E-state index in [0.717, 1.165) is 24.9 Å². The summed E-state index contributed by atoms with van der Waals surface area (Å²) in [6.45, 7) is 1.57. The Hall–Kier alpha value is -3.91. The van der Waals surface area contributed by atoms with Crippen LogP contribution in [-0.2, 0) is 6.54 Å². The minimum absolute atomic E-state index is 0.0168. The molecule has 0 aliphatic carbocycles. The van der Waals surface area contributed by atoms with Gasteiger partial charge in [0.25, 0.3) is 0 Å². The van der Waals surface area contributed by atoms with Crippen LogP contribution in [0.3, 0.4) is 0 Å². The van der Waals surface area contributed by atoms with Gasteiger partial charge in [-0.25, -0.2) is 8.78 Å². The van der Waals surface area contributed by atoms with Gasteiger partial charge in [0.2, 0.25) is 0 Å². The Bertz CT molecular complexity index is 1240. The van der Waals surface area contributed by atoms with E-state index in [1.807, 2.05) is 17.0 Å². The highest BCUT2D eigenvalue weighted by Gasteiger charge is 2.21. The first-order valence-corrected chi connectivity index (χ1v) is 11.5. The van der Waals surface area contributed by atoms with E-state index in [1.165, 1.54) is 24.4 Å². The van der Waals surface area contributed by atoms with Crippen molar-refractivity contribution in [2.75, 3.05) is 18.8 Å². The largest absolute Gasteiger partial charge is 0.404 e. The van der Waals surface area contributed by atoms with Crippen LogP contribution in [0.4, 0.5) is 14.5 Å². The maximum absolute atomic E-state index is 14.1. The molecule has 0 radical (unpaired) electrons. The molecule has 0 saturated carbocycles. The van der Waals surface area contributed by atoms with Crippen LogP contribution in [0, 0.1) is 17.0 Å². The molecular formula is C27H28F2N6. The van der Waals surface area contributed by atoms with Crippen LogP contribution in [0.2, 0.25) is 0 Å². The zero-order valence-electron chi connectivity index (χ0n) is 19.3. The number of piperidine rings is 1. The summed E-state index contributed by atoms with van der Waals surface area (Å²) in [4.78, 5) is 10.7. The second-order valence-electron chi connectivity index (χ2n) is 8.54. The smallest absolute Gasteiger partial charge is 0.130 e. The van der Waals surface area contributed by atoms with Crippen LogP contribution in [0.5, 0.6) is 0 Å². The Labute approximate surface area is 203 Å². The van der Waals surface area contributed by atoms with E-state index in [4.69, 9.17) is 21.9 Å². The van der Waals surface area contributed by atoms with E-state index in [-0.39, 0.29) is 18.2 Å². The number of anilines is 1. The fraction of sp³-hybridized carbons (Fsp3) is 0.222. The molecule has 4 rings (SSSR count). The third-order valence-corrected chi connectivity index (χ3v) is 6.15. The number of nitrogens with one attached hydrogen (secondary N) is 1. The number of rotatable bonds is 7. The third kappa shape index (κ3) is 5.78. The van der Waals surface area contributed by atoms with Crippen LogP contribution < -0.4 is 11.5 Å². The van der Waals surface area contributed by atoms with Crippen LogP contribution in [0.15, 0.2) is 72.1 Å². The molecule has 180 valence electrons. The first-order chi connectivity index (χ1) is 17.0. The van der Waals surface area contributed by atoms with Gasteiger partial charge in [-0.2, -0.15) is 0 Å². The van der Waals surface area contributed by atoms with Gasteiger partial charge in [-0.1, -0.05) is 12.1 Å². The molecule has 1 unspecified atom stereocenters. The van der Waals surface area contributed by atoms with Gasteiger partial charge in [-0.3, -0.25) is 20.3 Å². The Morgan fingerprint density at radius 3 is 2.57 bits per heavy atom. The highest BCUT2D eigenvalue weighted by Crippen LogP contribution is 2.23. The predicted molar refractivity (Wildman–Crippen MR) is 136 cm³/mol. The highest BCUT2D eigenvalue weighted by atomic mass is 19.1. The number of nitrogens with zero attached hydrogens (tertiary/aromatic N) is 3. The number of likely N-dealkylation sites (tertiary alicyclic amines) is 1. The molecular weight excluding hydrogens is 446 g/mol. The molecule has 2 heterocycles. The van der Waals surface area contributed by atoms with Gasteiger partial charge in [-0.05, 0) is 61.3 Å². The molecule has 1 aliphatic rings. The first kappa shape index (κ1) is 24.2. The van der Waals surface area contributed by atoms with Crippen LogP contribution in [0.25, 0.3) is 5.57 Å². The van der Waals surface area contributed by atoms with E-state index < -0.39 is 11.6 Å². The second kappa shape index (κ2) is 11.0.